The molecule has 6 heteroatoms. The molecule has 0 spiro atoms. The van der Waals surface area contributed by atoms with Crippen LogP contribution in [-0.2, 0) is 16.1 Å². The molecule has 0 aliphatic carbocycles. The summed E-state index contributed by atoms with van der Waals surface area (Å²) in [5.41, 5.74) is 0.993. The molecule has 0 atom stereocenters. The SMILES string of the molecule is COc1ccccc1CN(C)C(=O)CN1CCN(C(C)=O)CC1. The number of ether oxygens (including phenoxy) is 1. The Morgan fingerprint density at radius 3 is 2.43 bits per heavy atom. The third kappa shape index (κ3) is 4.69. The third-order valence-electron chi connectivity index (χ3n) is 4.20. The summed E-state index contributed by atoms with van der Waals surface area (Å²) in [5, 5.41) is 0. The van der Waals surface area contributed by atoms with Crippen molar-refractivity contribution in [1.82, 2.24) is 14.7 Å². The topological polar surface area (TPSA) is 53.1 Å². The largest absolute Gasteiger partial charge is 0.496 e. The van der Waals surface area contributed by atoms with E-state index in [2.05, 4.69) is 4.90 Å². The van der Waals surface area contributed by atoms with Crippen molar-refractivity contribution in [3.8, 4) is 5.75 Å². The summed E-state index contributed by atoms with van der Waals surface area (Å²) >= 11 is 0. The summed E-state index contributed by atoms with van der Waals surface area (Å²) < 4.78 is 5.32. The van der Waals surface area contributed by atoms with E-state index in [-0.39, 0.29) is 11.8 Å². The van der Waals surface area contributed by atoms with Gasteiger partial charge in [0.15, 0.2) is 0 Å². The number of para-hydroxylation sites is 1. The number of likely N-dealkylation sites (N-methyl/N-ethyl adjacent to an activating group) is 1. The molecule has 126 valence electrons. The van der Waals surface area contributed by atoms with Crippen LogP contribution in [0.5, 0.6) is 5.75 Å². The fourth-order valence-electron chi connectivity index (χ4n) is 2.71. The highest BCUT2D eigenvalue weighted by Crippen LogP contribution is 2.18. The number of amides is 2. The van der Waals surface area contributed by atoms with Crippen molar-refractivity contribution in [2.45, 2.75) is 13.5 Å². The summed E-state index contributed by atoms with van der Waals surface area (Å²) in [6.07, 6.45) is 0. The van der Waals surface area contributed by atoms with Gasteiger partial charge in [-0.2, -0.15) is 0 Å². The van der Waals surface area contributed by atoms with Crippen molar-refractivity contribution in [2.24, 2.45) is 0 Å². The molecular formula is C17H25N3O3. The fourth-order valence-corrected chi connectivity index (χ4v) is 2.71. The molecule has 2 amide bonds. The zero-order valence-electron chi connectivity index (χ0n) is 14.1. The average Bonchev–Trinajstić information content (AvgIpc) is 2.55. The molecule has 1 aromatic carbocycles. The van der Waals surface area contributed by atoms with Gasteiger partial charge >= 0.3 is 0 Å². The molecular weight excluding hydrogens is 294 g/mol. The van der Waals surface area contributed by atoms with Gasteiger partial charge in [0.25, 0.3) is 0 Å². The van der Waals surface area contributed by atoms with Crippen LogP contribution >= 0.6 is 0 Å². The van der Waals surface area contributed by atoms with Gasteiger partial charge in [-0.05, 0) is 6.07 Å². The van der Waals surface area contributed by atoms with E-state index in [0.29, 0.717) is 26.2 Å². The lowest BCUT2D eigenvalue weighted by molar-refractivity contribution is -0.133. The molecule has 0 bridgehead atoms. The molecule has 2 rings (SSSR count). The van der Waals surface area contributed by atoms with E-state index < -0.39 is 0 Å². The number of hydrogen-bond acceptors (Lipinski definition) is 4. The number of methoxy groups -OCH3 is 1. The molecule has 0 N–H and O–H groups in total. The highest BCUT2D eigenvalue weighted by atomic mass is 16.5. The van der Waals surface area contributed by atoms with Crippen LogP contribution < -0.4 is 4.74 Å². The Kier molecular flexibility index (Phi) is 5.98. The lowest BCUT2D eigenvalue weighted by Crippen LogP contribution is -2.50. The lowest BCUT2D eigenvalue weighted by atomic mass is 10.2. The standard InChI is InChI=1S/C17H25N3O3/c1-14(21)20-10-8-19(9-11-20)13-17(22)18(2)12-15-6-4-5-7-16(15)23-3/h4-7H,8-13H2,1-3H3. The van der Waals surface area contributed by atoms with E-state index in [1.54, 1.807) is 26.0 Å². The number of carbonyl (C=O) groups excluding carboxylic acids is 2. The van der Waals surface area contributed by atoms with Crippen LogP contribution in [0, 0.1) is 0 Å². The first-order chi connectivity index (χ1) is 11.0. The van der Waals surface area contributed by atoms with Gasteiger partial charge in [-0.1, -0.05) is 18.2 Å². The smallest absolute Gasteiger partial charge is 0.236 e. The highest BCUT2D eigenvalue weighted by Gasteiger charge is 2.21. The third-order valence-corrected chi connectivity index (χ3v) is 4.20. The molecule has 6 nitrogen and oxygen atoms in total. The second-order valence-electron chi connectivity index (χ2n) is 5.84. The molecule has 1 aromatic rings. The van der Waals surface area contributed by atoms with Gasteiger partial charge in [0, 0.05) is 52.3 Å². The van der Waals surface area contributed by atoms with Crippen LogP contribution in [0.25, 0.3) is 0 Å². The van der Waals surface area contributed by atoms with E-state index in [4.69, 9.17) is 4.74 Å². The zero-order chi connectivity index (χ0) is 16.8. The van der Waals surface area contributed by atoms with Crippen molar-refractivity contribution in [2.75, 3.05) is 46.9 Å². The summed E-state index contributed by atoms with van der Waals surface area (Å²) in [7, 11) is 3.44. The highest BCUT2D eigenvalue weighted by molar-refractivity contribution is 5.78. The minimum atomic E-state index is 0.0761. The Balaban J connectivity index is 1.85. The molecule has 23 heavy (non-hydrogen) atoms. The van der Waals surface area contributed by atoms with Crippen LogP contribution in [0.3, 0.4) is 0 Å². The van der Waals surface area contributed by atoms with Crippen molar-refractivity contribution in [3.63, 3.8) is 0 Å². The Morgan fingerprint density at radius 2 is 1.83 bits per heavy atom. The number of nitrogens with zero attached hydrogens (tertiary/aromatic N) is 3. The maximum Gasteiger partial charge on any atom is 0.236 e. The summed E-state index contributed by atoms with van der Waals surface area (Å²) in [6, 6.07) is 7.72. The molecule has 0 aromatic heterocycles. The van der Waals surface area contributed by atoms with Crippen LogP contribution in [-0.4, -0.2) is 73.4 Å². The zero-order valence-corrected chi connectivity index (χ0v) is 14.1. The first-order valence-electron chi connectivity index (χ1n) is 7.85. The van der Waals surface area contributed by atoms with Crippen molar-refractivity contribution >= 4 is 11.8 Å². The molecule has 1 aliphatic rings. The summed E-state index contributed by atoms with van der Waals surface area (Å²) in [5.74, 6) is 0.971. The van der Waals surface area contributed by atoms with Gasteiger partial charge in [-0.25, -0.2) is 0 Å². The maximum atomic E-state index is 12.4. The summed E-state index contributed by atoms with van der Waals surface area (Å²) in [4.78, 5) is 29.3. The predicted molar refractivity (Wildman–Crippen MR) is 88.2 cm³/mol. The summed E-state index contributed by atoms with van der Waals surface area (Å²) in [6.45, 7) is 5.37. The lowest BCUT2D eigenvalue weighted by Gasteiger charge is -2.34. The first kappa shape index (κ1) is 17.3. The molecule has 1 heterocycles. The average molecular weight is 319 g/mol. The minimum Gasteiger partial charge on any atom is -0.496 e. The molecule has 1 aliphatic heterocycles. The van der Waals surface area contributed by atoms with Gasteiger partial charge < -0.3 is 14.5 Å². The number of rotatable bonds is 5. The van der Waals surface area contributed by atoms with E-state index in [1.807, 2.05) is 29.2 Å². The van der Waals surface area contributed by atoms with Crippen molar-refractivity contribution < 1.29 is 14.3 Å². The van der Waals surface area contributed by atoms with Crippen LogP contribution in [0.4, 0.5) is 0 Å². The van der Waals surface area contributed by atoms with E-state index in [1.165, 1.54) is 0 Å². The van der Waals surface area contributed by atoms with Crippen molar-refractivity contribution in [1.29, 1.82) is 0 Å². The monoisotopic (exact) mass is 319 g/mol. The van der Waals surface area contributed by atoms with E-state index in [0.717, 1.165) is 24.4 Å². The Morgan fingerprint density at radius 1 is 1.17 bits per heavy atom. The normalized spacial score (nSPS) is 15.3. The molecule has 0 unspecified atom stereocenters. The van der Waals surface area contributed by atoms with Crippen molar-refractivity contribution in [3.05, 3.63) is 29.8 Å². The Bertz CT molecular complexity index is 554. The quantitative estimate of drug-likeness (QED) is 0.806. The van der Waals surface area contributed by atoms with Crippen LogP contribution in [0.2, 0.25) is 0 Å². The van der Waals surface area contributed by atoms with E-state index in [9.17, 15) is 9.59 Å². The number of piperazine rings is 1. The van der Waals surface area contributed by atoms with Gasteiger partial charge in [0.05, 0.1) is 13.7 Å². The molecule has 1 saturated heterocycles. The Labute approximate surface area is 137 Å². The van der Waals surface area contributed by atoms with Gasteiger partial charge in [0.2, 0.25) is 11.8 Å². The number of hydrogen-bond donors (Lipinski definition) is 0. The predicted octanol–water partition coefficient (Wildman–Crippen LogP) is 0.818. The molecule has 0 saturated carbocycles. The fraction of sp³-hybridized carbons (Fsp3) is 0.529. The second kappa shape index (κ2) is 7.97. The minimum absolute atomic E-state index is 0.0761. The second-order valence-corrected chi connectivity index (χ2v) is 5.84. The molecule has 0 radical (unpaired) electrons. The van der Waals surface area contributed by atoms with Gasteiger partial charge in [-0.3, -0.25) is 14.5 Å². The maximum absolute atomic E-state index is 12.4. The Hall–Kier alpha value is -2.08. The number of benzene rings is 1. The van der Waals surface area contributed by atoms with E-state index >= 15 is 0 Å². The van der Waals surface area contributed by atoms with Crippen LogP contribution in [0.1, 0.15) is 12.5 Å². The van der Waals surface area contributed by atoms with Crippen LogP contribution in [0.15, 0.2) is 24.3 Å². The number of carbonyl (C=O) groups is 2. The van der Waals surface area contributed by atoms with Gasteiger partial charge in [0.1, 0.15) is 5.75 Å². The first-order valence-corrected chi connectivity index (χ1v) is 7.85. The molecule has 1 fully saturated rings. The van der Waals surface area contributed by atoms with Gasteiger partial charge in [-0.15, -0.1) is 0 Å².